The second-order valence-electron chi connectivity index (χ2n) is 13.6. The molecular formula is C34H44N2O7. The zero-order valence-electron chi connectivity index (χ0n) is 25.3. The summed E-state index contributed by atoms with van der Waals surface area (Å²) in [6, 6.07) is 7.31. The zero-order valence-corrected chi connectivity index (χ0v) is 25.3. The summed E-state index contributed by atoms with van der Waals surface area (Å²) in [4.78, 5) is 47.4. The van der Waals surface area contributed by atoms with E-state index in [-0.39, 0.29) is 40.8 Å². The number of hydrogen-bond acceptors (Lipinski definition) is 8. The minimum absolute atomic E-state index is 0.00912. The lowest BCUT2D eigenvalue weighted by Crippen LogP contribution is -2.61. The molecule has 4 aliphatic carbocycles. The van der Waals surface area contributed by atoms with E-state index in [4.69, 9.17) is 5.73 Å². The lowest BCUT2D eigenvalue weighted by molar-refractivity contribution is -0.178. The number of amides is 2. The standard InChI is InChI=1S/C21H28O5.C13H16N2O2/c1-19-7-5-13(23)9-12(19)3-4-14-15-6-8-21(26,17(25)11-22)20(15,2)10-16(24)18(14)19;1-2-13(8-7-11(16)15-12(13)17)9-3-5-10(14)6-4-9/h5,7,9,14-16,18,22,24,26H,3-4,6,8,10-11H2,1-2H3;3-6H,2,7-8,14H2,1H3,(H,15,16,17)/t14-,15-,16-,18+,19-,20-,21-;/m0./s1. The third-order valence-corrected chi connectivity index (χ3v) is 11.8. The van der Waals surface area contributed by atoms with Crippen molar-refractivity contribution in [2.75, 3.05) is 12.3 Å². The molecule has 0 spiro atoms. The zero-order chi connectivity index (χ0) is 31.4. The molecule has 4 fully saturated rings. The number of piperidine rings is 1. The van der Waals surface area contributed by atoms with E-state index in [1.165, 1.54) is 0 Å². The van der Waals surface area contributed by atoms with Gasteiger partial charge in [0, 0.05) is 28.9 Å². The average Bonchev–Trinajstić information content (AvgIpc) is 3.24. The van der Waals surface area contributed by atoms with Gasteiger partial charge in [0.2, 0.25) is 11.8 Å². The number of ketones is 2. The molecule has 1 aliphatic heterocycles. The van der Waals surface area contributed by atoms with Crippen LogP contribution in [-0.2, 0) is 24.6 Å². The number of fused-ring (bicyclic) bond motifs is 5. The van der Waals surface area contributed by atoms with Gasteiger partial charge in [-0.1, -0.05) is 44.6 Å². The molecule has 8 atom stereocenters. The number of imide groups is 1. The molecular weight excluding hydrogens is 548 g/mol. The Morgan fingerprint density at radius 2 is 1.77 bits per heavy atom. The van der Waals surface area contributed by atoms with Crippen molar-refractivity contribution in [3.8, 4) is 0 Å². The van der Waals surface area contributed by atoms with Gasteiger partial charge in [-0.2, -0.15) is 0 Å². The molecule has 1 heterocycles. The SMILES string of the molecule is CCC1(c2ccc(N)cc2)CCC(=O)NC1=O.C[C@]12C=CC(=O)C=C1CC[C@@H]1[C@@H]2[C@@H](O)C[C@@]2(C)[C@H]1CC[C@]2(O)C(=O)CO. The summed E-state index contributed by atoms with van der Waals surface area (Å²) < 4.78 is 0. The van der Waals surface area contributed by atoms with Gasteiger partial charge < -0.3 is 21.1 Å². The van der Waals surface area contributed by atoms with Crippen LogP contribution in [0.2, 0.25) is 0 Å². The molecule has 9 nitrogen and oxygen atoms in total. The molecule has 1 saturated heterocycles. The Morgan fingerprint density at radius 1 is 1.07 bits per heavy atom. The number of aliphatic hydroxyl groups is 3. The molecule has 232 valence electrons. The van der Waals surface area contributed by atoms with Gasteiger partial charge >= 0.3 is 0 Å². The normalized spacial score (nSPS) is 39.9. The number of hydrogen-bond donors (Lipinski definition) is 5. The maximum Gasteiger partial charge on any atom is 0.237 e. The summed E-state index contributed by atoms with van der Waals surface area (Å²) in [5.41, 5.74) is 5.12. The van der Waals surface area contributed by atoms with Crippen LogP contribution in [0.3, 0.4) is 0 Å². The number of aliphatic hydroxyl groups excluding tert-OH is 2. The quantitative estimate of drug-likeness (QED) is 0.263. The smallest absolute Gasteiger partial charge is 0.237 e. The van der Waals surface area contributed by atoms with Gasteiger partial charge in [-0.25, -0.2) is 0 Å². The van der Waals surface area contributed by atoms with Crippen LogP contribution in [0.5, 0.6) is 0 Å². The fourth-order valence-corrected chi connectivity index (χ4v) is 9.29. The first kappa shape index (κ1) is 31.3. The van der Waals surface area contributed by atoms with Gasteiger partial charge in [0.25, 0.3) is 0 Å². The van der Waals surface area contributed by atoms with Gasteiger partial charge in [-0.05, 0) is 86.6 Å². The predicted molar refractivity (Wildman–Crippen MR) is 160 cm³/mol. The molecule has 1 aromatic rings. The highest BCUT2D eigenvalue weighted by molar-refractivity contribution is 6.03. The minimum Gasteiger partial charge on any atom is -0.399 e. The summed E-state index contributed by atoms with van der Waals surface area (Å²) in [6.45, 7) is 5.31. The Labute approximate surface area is 252 Å². The van der Waals surface area contributed by atoms with E-state index in [2.05, 4.69) is 12.2 Å². The van der Waals surface area contributed by atoms with Crippen molar-refractivity contribution in [2.24, 2.45) is 28.6 Å². The fourth-order valence-electron chi connectivity index (χ4n) is 9.29. The highest BCUT2D eigenvalue weighted by Gasteiger charge is 2.68. The molecule has 9 heteroatoms. The van der Waals surface area contributed by atoms with Crippen molar-refractivity contribution in [1.29, 1.82) is 0 Å². The number of nitrogens with two attached hydrogens (primary N) is 1. The van der Waals surface area contributed by atoms with Gasteiger partial charge in [-0.3, -0.25) is 24.5 Å². The topological polar surface area (TPSA) is 167 Å². The van der Waals surface area contributed by atoms with Crippen molar-refractivity contribution in [2.45, 2.75) is 89.3 Å². The van der Waals surface area contributed by atoms with Crippen molar-refractivity contribution in [3.05, 3.63) is 53.6 Å². The van der Waals surface area contributed by atoms with Crippen molar-refractivity contribution < 1.29 is 34.5 Å². The molecule has 0 radical (unpaired) electrons. The first-order valence-electron chi connectivity index (χ1n) is 15.4. The van der Waals surface area contributed by atoms with Crippen LogP contribution in [-0.4, -0.2) is 57.0 Å². The number of nitrogens with one attached hydrogen (secondary N) is 1. The Morgan fingerprint density at radius 3 is 2.40 bits per heavy atom. The lowest BCUT2D eigenvalue weighted by atomic mass is 9.46. The monoisotopic (exact) mass is 592 g/mol. The lowest BCUT2D eigenvalue weighted by Gasteiger charge is -2.59. The highest BCUT2D eigenvalue weighted by atomic mass is 16.3. The van der Waals surface area contributed by atoms with Crippen molar-refractivity contribution in [3.63, 3.8) is 0 Å². The first-order valence-corrected chi connectivity index (χ1v) is 15.4. The maximum atomic E-state index is 12.4. The average molecular weight is 593 g/mol. The number of anilines is 1. The van der Waals surface area contributed by atoms with E-state index >= 15 is 0 Å². The third-order valence-electron chi connectivity index (χ3n) is 11.8. The number of carbonyl (C=O) groups excluding carboxylic acids is 4. The molecule has 5 aliphatic rings. The number of rotatable bonds is 4. The number of benzene rings is 1. The summed E-state index contributed by atoms with van der Waals surface area (Å²) >= 11 is 0. The second kappa shape index (κ2) is 11.1. The number of nitrogen functional groups attached to an aromatic ring is 1. The van der Waals surface area contributed by atoms with E-state index < -0.39 is 34.9 Å². The Hall–Kier alpha value is -3.14. The Kier molecular flexibility index (Phi) is 8.07. The Balaban J connectivity index is 0.000000188. The predicted octanol–water partition coefficient (Wildman–Crippen LogP) is 2.91. The van der Waals surface area contributed by atoms with Gasteiger partial charge in [0.1, 0.15) is 12.2 Å². The molecule has 1 unspecified atom stereocenters. The Bertz CT molecular complexity index is 1390. The molecule has 0 bridgehead atoms. The van der Waals surface area contributed by atoms with Gasteiger partial charge in [0.05, 0.1) is 11.5 Å². The maximum absolute atomic E-state index is 12.4. The minimum atomic E-state index is -1.56. The first-order chi connectivity index (χ1) is 20.3. The van der Waals surface area contributed by atoms with Crippen molar-refractivity contribution >= 4 is 29.1 Å². The largest absolute Gasteiger partial charge is 0.399 e. The number of Topliss-reactive ketones (excluding diaryl/α,β-unsaturated/α-hetero) is 1. The van der Waals surface area contributed by atoms with Gasteiger partial charge in [0.15, 0.2) is 11.6 Å². The molecule has 1 aromatic carbocycles. The van der Waals surface area contributed by atoms with E-state index in [0.29, 0.717) is 37.8 Å². The molecule has 43 heavy (non-hydrogen) atoms. The van der Waals surface area contributed by atoms with Crippen LogP contribution in [0.4, 0.5) is 5.69 Å². The molecule has 6 rings (SSSR count). The third kappa shape index (κ3) is 4.80. The van der Waals surface area contributed by atoms with Crippen LogP contribution in [0.25, 0.3) is 0 Å². The van der Waals surface area contributed by atoms with E-state index in [0.717, 1.165) is 30.4 Å². The highest BCUT2D eigenvalue weighted by Crippen LogP contribution is 2.67. The number of carbonyl (C=O) groups is 4. The fraction of sp³-hybridized carbons (Fsp3) is 0.588. The van der Waals surface area contributed by atoms with Crippen molar-refractivity contribution in [1.82, 2.24) is 5.32 Å². The number of allylic oxidation sites excluding steroid dienone is 4. The molecule has 2 amide bonds. The van der Waals surface area contributed by atoms with E-state index in [9.17, 15) is 34.5 Å². The van der Waals surface area contributed by atoms with Crippen LogP contribution < -0.4 is 11.1 Å². The van der Waals surface area contributed by atoms with E-state index in [1.807, 2.05) is 32.1 Å². The van der Waals surface area contributed by atoms with E-state index in [1.54, 1.807) is 24.3 Å². The molecule has 3 saturated carbocycles. The summed E-state index contributed by atoms with van der Waals surface area (Å²) in [7, 11) is 0. The van der Waals surface area contributed by atoms with Crippen LogP contribution in [0.1, 0.15) is 77.7 Å². The summed E-state index contributed by atoms with van der Waals surface area (Å²) in [5.74, 6) is -0.606. The molecule has 0 aromatic heterocycles. The van der Waals surface area contributed by atoms with Gasteiger partial charge in [-0.15, -0.1) is 0 Å². The summed E-state index contributed by atoms with van der Waals surface area (Å²) in [6.07, 6.45) is 9.32. The molecule has 6 N–H and O–H groups in total. The summed E-state index contributed by atoms with van der Waals surface area (Å²) in [5, 5.41) is 34.1. The second-order valence-corrected chi connectivity index (χ2v) is 13.6. The van der Waals surface area contributed by atoms with Crippen LogP contribution in [0.15, 0.2) is 48.1 Å². The van der Waals surface area contributed by atoms with Crippen LogP contribution >= 0.6 is 0 Å². The van der Waals surface area contributed by atoms with Crippen LogP contribution in [0, 0.1) is 28.6 Å².